The third-order valence-corrected chi connectivity index (χ3v) is 9.38. The van der Waals surface area contributed by atoms with Crippen molar-refractivity contribution >= 4 is 62.7 Å². The van der Waals surface area contributed by atoms with Crippen LogP contribution in [0.15, 0.2) is 63.1 Å². The number of halogens is 2. The molecule has 2 aromatic carbocycles. The molecule has 180 valence electrons. The largest absolute Gasteiger partial charge is 0.314 e. The lowest BCUT2D eigenvalue weighted by Gasteiger charge is -2.36. The molecule has 0 radical (unpaired) electrons. The summed E-state index contributed by atoms with van der Waals surface area (Å²) in [6.07, 6.45) is 0.984. The number of sulfonamides is 1. The summed E-state index contributed by atoms with van der Waals surface area (Å²) >= 11 is 14.3. The van der Waals surface area contributed by atoms with Crippen LogP contribution in [0.1, 0.15) is 0 Å². The molecule has 0 aliphatic carbocycles. The molecule has 2 aromatic rings. The summed E-state index contributed by atoms with van der Waals surface area (Å²) < 4.78 is 27.4. The zero-order chi connectivity index (χ0) is 24.0. The lowest BCUT2D eigenvalue weighted by atomic mass is 10.2. The number of aliphatic imine (C=N–C) groups is 1. The maximum absolute atomic E-state index is 13.0. The van der Waals surface area contributed by atoms with Crippen molar-refractivity contribution in [1.29, 1.82) is 0 Å². The Bertz CT molecular complexity index is 1240. The first kappa shape index (κ1) is 23.9. The Labute approximate surface area is 212 Å². The van der Waals surface area contributed by atoms with Crippen molar-refractivity contribution in [1.82, 2.24) is 9.62 Å². The first-order chi connectivity index (χ1) is 16.3. The number of thioether (sulfide) groups is 1. The number of nitrogens with two attached hydrogens (primary N) is 2. The second-order valence-corrected chi connectivity index (χ2v) is 11.7. The van der Waals surface area contributed by atoms with Gasteiger partial charge >= 0.3 is 0 Å². The summed E-state index contributed by atoms with van der Waals surface area (Å²) in [6.45, 7) is 2.17. The van der Waals surface area contributed by atoms with E-state index >= 15 is 0 Å². The van der Waals surface area contributed by atoms with E-state index < -0.39 is 21.7 Å². The average molecular weight is 541 g/mol. The number of piperazine rings is 1. The van der Waals surface area contributed by atoms with E-state index in [4.69, 9.17) is 34.7 Å². The number of anilines is 2. The van der Waals surface area contributed by atoms with Gasteiger partial charge in [0.1, 0.15) is 16.7 Å². The molecule has 3 aliphatic heterocycles. The summed E-state index contributed by atoms with van der Waals surface area (Å²) in [5.41, 5.74) is 14.5. The van der Waals surface area contributed by atoms with Gasteiger partial charge in [-0.1, -0.05) is 41.0 Å². The van der Waals surface area contributed by atoms with Crippen LogP contribution in [0.25, 0.3) is 0 Å². The van der Waals surface area contributed by atoms with Crippen molar-refractivity contribution in [2.75, 3.05) is 36.0 Å². The molecule has 5 rings (SSSR count). The van der Waals surface area contributed by atoms with Crippen LogP contribution in [0.4, 0.5) is 11.4 Å². The number of nitrogens with one attached hydrogen (secondary N) is 1. The van der Waals surface area contributed by atoms with E-state index in [1.165, 1.54) is 16.1 Å². The monoisotopic (exact) mass is 539 g/mol. The van der Waals surface area contributed by atoms with Gasteiger partial charge in [0.2, 0.25) is 10.0 Å². The minimum atomic E-state index is -3.56. The molecule has 3 aliphatic rings. The lowest BCUT2D eigenvalue weighted by molar-refractivity contribution is 0.360. The molecule has 9 nitrogen and oxygen atoms in total. The highest BCUT2D eigenvalue weighted by Crippen LogP contribution is 2.47. The Balaban J connectivity index is 1.43. The summed E-state index contributed by atoms with van der Waals surface area (Å²) in [4.78, 5) is 8.36. The van der Waals surface area contributed by atoms with Crippen LogP contribution in [0.5, 0.6) is 0 Å². The summed E-state index contributed by atoms with van der Waals surface area (Å²) in [5.74, 6) is 0. The molecule has 1 saturated heterocycles. The fourth-order valence-electron chi connectivity index (χ4n) is 4.17. The second kappa shape index (κ2) is 9.32. The fourth-order valence-corrected chi connectivity index (χ4v) is 7.19. The van der Waals surface area contributed by atoms with E-state index in [0.717, 1.165) is 0 Å². The van der Waals surface area contributed by atoms with Gasteiger partial charge in [0.15, 0.2) is 0 Å². The van der Waals surface area contributed by atoms with Gasteiger partial charge < -0.3 is 26.6 Å². The van der Waals surface area contributed by atoms with Gasteiger partial charge in [-0.2, -0.15) is 4.31 Å². The van der Waals surface area contributed by atoms with Crippen LogP contribution in [0, 0.1) is 0 Å². The molecule has 2 unspecified atom stereocenters. The summed E-state index contributed by atoms with van der Waals surface area (Å²) in [7, 11) is -3.56. The maximum Gasteiger partial charge on any atom is 0.243 e. The predicted octanol–water partition coefficient (Wildman–Crippen LogP) is 2.39. The molecule has 34 heavy (non-hydrogen) atoms. The van der Waals surface area contributed by atoms with Gasteiger partial charge in [0, 0.05) is 31.9 Å². The van der Waals surface area contributed by atoms with Gasteiger partial charge in [-0.3, -0.25) is 0 Å². The molecule has 1 fully saturated rings. The topological polar surface area (TPSA) is 120 Å². The Morgan fingerprint density at radius 2 is 1.68 bits per heavy atom. The van der Waals surface area contributed by atoms with E-state index in [-0.39, 0.29) is 4.90 Å². The second-order valence-electron chi connectivity index (χ2n) is 7.88. The maximum atomic E-state index is 13.0. The van der Waals surface area contributed by atoms with Crippen LogP contribution in [-0.2, 0) is 10.0 Å². The van der Waals surface area contributed by atoms with Crippen LogP contribution in [-0.4, -0.2) is 56.9 Å². The molecular weight excluding hydrogens is 517 g/mol. The van der Waals surface area contributed by atoms with Crippen LogP contribution >= 0.6 is 35.0 Å². The Morgan fingerprint density at radius 3 is 2.32 bits per heavy atom. The van der Waals surface area contributed by atoms with Gasteiger partial charge in [-0.05, 0) is 36.4 Å². The van der Waals surface area contributed by atoms with Gasteiger partial charge in [-0.15, -0.1) is 0 Å². The van der Waals surface area contributed by atoms with Crippen molar-refractivity contribution in [2.24, 2.45) is 16.5 Å². The third kappa shape index (κ3) is 4.10. The van der Waals surface area contributed by atoms with Crippen LogP contribution in [0.3, 0.4) is 0 Å². The summed E-state index contributed by atoms with van der Waals surface area (Å²) in [6, 6.07) is 11.9. The molecule has 5 N–H and O–H groups in total. The SMILES string of the molecule is NC1C2=C(N=CN1c1ccc(S(=O)(=O)N3CCNCC3)cc1)SC(N)N2c1c(Cl)cccc1Cl. The van der Waals surface area contributed by atoms with E-state index in [1.807, 2.05) is 4.90 Å². The lowest BCUT2D eigenvalue weighted by Crippen LogP contribution is -2.50. The molecule has 2 atom stereocenters. The standard InChI is InChI=1S/C21H23Cl2N7O2S2/c22-15-2-1-3-16(23)17(15)30-18-19(24)29(12-27-20(18)33-21(30)25)13-4-6-14(7-5-13)34(31,32)28-10-8-26-9-11-28/h1-7,12,19,21,26H,8-11,24-25H2. The number of benzene rings is 2. The molecule has 0 saturated carbocycles. The first-order valence-electron chi connectivity index (χ1n) is 10.6. The van der Waals surface area contributed by atoms with E-state index in [0.29, 0.717) is 58.3 Å². The van der Waals surface area contributed by atoms with Crippen molar-refractivity contribution in [3.63, 3.8) is 0 Å². The number of hydrogen-bond donors (Lipinski definition) is 3. The minimum Gasteiger partial charge on any atom is -0.314 e. The van der Waals surface area contributed by atoms with E-state index in [9.17, 15) is 8.42 Å². The predicted molar refractivity (Wildman–Crippen MR) is 139 cm³/mol. The fraction of sp³-hybridized carbons (Fsp3) is 0.286. The van der Waals surface area contributed by atoms with Gasteiger partial charge in [-0.25, -0.2) is 13.4 Å². The molecule has 3 heterocycles. The quantitative estimate of drug-likeness (QED) is 0.541. The Morgan fingerprint density at radius 1 is 1.03 bits per heavy atom. The Kier molecular flexibility index (Phi) is 6.55. The van der Waals surface area contributed by atoms with Crippen molar-refractivity contribution in [2.45, 2.75) is 16.6 Å². The number of hydrogen-bond acceptors (Lipinski definition) is 9. The molecule has 0 bridgehead atoms. The van der Waals surface area contributed by atoms with Crippen LogP contribution in [0.2, 0.25) is 10.0 Å². The normalized spacial score (nSPS) is 23.5. The minimum absolute atomic E-state index is 0.239. The molecule has 0 amide bonds. The first-order valence-corrected chi connectivity index (χ1v) is 13.7. The molecule has 13 heteroatoms. The van der Waals surface area contributed by atoms with Crippen molar-refractivity contribution in [3.8, 4) is 0 Å². The zero-order valence-corrected chi connectivity index (χ0v) is 21.1. The summed E-state index contributed by atoms with van der Waals surface area (Å²) in [5, 5.41) is 4.75. The Hall–Kier alpha value is -1.83. The third-order valence-electron chi connectivity index (χ3n) is 5.87. The highest BCUT2D eigenvalue weighted by Gasteiger charge is 2.40. The van der Waals surface area contributed by atoms with Gasteiger partial charge in [0.05, 0.1) is 32.7 Å². The van der Waals surface area contributed by atoms with Gasteiger partial charge in [0.25, 0.3) is 0 Å². The van der Waals surface area contributed by atoms with Crippen LogP contribution < -0.4 is 26.6 Å². The zero-order valence-electron chi connectivity index (χ0n) is 17.9. The van der Waals surface area contributed by atoms with Crippen molar-refractivity contribution in [3.05, 3.63) is 63.2 Å². The molecule has 0 spiro atoms. The number of rotatable bonds is 4. The highest BCUT2D eigenvalue weighted by atomic mass is 35.5. The highest BCUT2D eigenvalue weighted by molar-refractivity contribution is 8.04. The van der Waals surface area contributed by atoms with Crippen molar-refractivity contribution < 1.29 is 8.42 Å². The number of nitrogens with zero attached hydrogens (tertiary/aromatic N) is 4. The van der Waals surface area contributed by atoms with E-state index in [1.54, 1.807) is 53.7 Å². The molecular formula is C21H23Cl2N7O2S2. The van der Waals surface area contributed by atoms with E-state index in [2.05, 4.69) is 10.3 Å². The smallest absolute Gasteiger partial charge is 0.243 e. The number of para-hydroxylation sites is 1. The average Bonchev–Trinajstić information content (AvgIpc) is 3.16. The molecule has 0 aromatic heterocycles.